The summed E-state index contributed by atoms with van der Waals surface area (Å²) in [6.07, 6.45) is 0.996. The third-order valence-corrected chi connectivity index (χ3v) is 5.16. The summed E-state index contributed by atoms with van der Waals surface area (Å²) in [6.45, 7) is 9.77. The Balaban J connectivity index is 1.61. The molecular weight excluding hydrogens is 366 g/mol. The minimum Gasteiger partial charge on any atom is -0.486 e. The van der Waals surface area contributed by atoms with Crippen LogP contribution < -0.4 is 4.74 Å². The number of ether oxygens (including phenoxy) is 1. The maximum atomic E-state index is 12.8. The van der Waals surface area contributed by atoms with Crippen LogP contribution in [0.1, 0.15) is 52.7 Å². The number of amides is 1. The van der Waals surface area contributed by atoms with Crippen LogP contribution in [-0.4, -0.2) is 27.6 Å². The fourth-order valence-corrected chi connectivity index (χ4v) is 3.31. The number of carbonyl (C=O) groups is 1. The molecule has 0 spiro atoms. The number of nitrogens with zero attached hydrogens (tertiary/aromatic N) is 3. The molecule has 1 amide bonds. The van der Waals surface area contributed by atoms with Gasteiger partial charge in [-0.1, -0.05) is 19.1 Å². The lowest BCUT2D eigenvalue weighted by Crippen LogP contribution is -2.26. The van der Waals surface area contributed by atoms with Crippen molar-refractivity contribution in [2.75, 3.05) is 7.05 Å². The van der Waals surface area contributed by atoms with Crippen LogP contribution in [0.15, 0.2) is 40.8 Å². The molecule has 0 atom stereocenters. The highest BCUT2D eigenvalue weighted by molar-refractivity contribution is 5.91. The van der Waals surface area contributed by atoms with Crippen molar-refractivity contribution in [3.05, 3.63) is 70.4 Å². The Bertz CT molecular complexity index is 970. The first kappa shape index (κ1) is 20.7. The van der Waals surface area contributed by atoms with E-state index in [0.29, 0.717) is 18.1 Å². The molecule has 0 unspecified atom stereocenters. The second-order valence-electron chi connectivity index (χ2n) is 7.18. The minimum atomic E-state index is -0.161. The van der Waals surface area contributed by atoms with Crippen LogP contribution in [0.4, 0.5) is 0 Å². The van der Waals surface area contributed by atoms with E-state index in [9.17, 15) is 4.79 Å². The van der Waals surface area contributed by atoms with Crippen LogP contribution in [0.5, 0.6) is 5.75 Å². The molecule has 0 N–H and O–H groups in total. The number of carbonyl (C=O) groups excluding carboxylic acids is 1. The summed E-state index contributed by atoms with van der Waals surface area (Å²) in [7, 11) is 1.78. The zero-order valence-electron chi connectivity index (χ0n) is 17.9. The van der Waals surface area contributed by atoms with Crippen molar-refractivity contribution in [3.8, 4) is 5.75 Å². The molecule has 0 aliphatic heterocycles. The number of aryl methyl sites for hydroxylation is 3. The van der Waals surface area contributed by atoms with Gasteiger partial charge in [0, 0.05) is 31.4 Å². The van der Waals surface area contributed by atoms with Gasteiger partial charge in [-0.25, -0.2) is 0 Å². The SMILES string of the molecule is CCc1ccc(OCc2ccc(C(=O)N(C)Cc3c(C)nn(CC)c3C)o2)cc1. The molecule has 0 saturated heterocycles. The minimum absolute atomic E-state index is 0.161. The molecule has 1 aromatic carbocycles. The predicted octanol–water partition coefficient (Wildman–Crippen LogP) is 4.53. The van der Waals surface area contributed by atoms with E-state index in [4.69, 9.17) is 9.15 Å². The van der Waals surface area contributed by atoms with E-state index in [1.54, 1.807) is 24.1 Å². The van der Waals surface area contributed by atoms with Gasteiger partial charge < -0.3 is 14.1 Å². The lowest BCUT2D eigenvalue weighted by Gasteiger charge is -2.16. The Kier molecular flexibility index (Phi) is 6.42. The fraction of sp³-hybridized carbons (Fsp3) is 0.391. The standard InChI is InChI=1S/C23H29N3O3/c1-6-18-8-10-19(11-9-18)28-15-20-12-13-22(29-20)23(27)25(5)14-21-16(3)24-26(7-2)17(21)4/h8-13H,6-7,14-15H2,1-5H3. The molecular formula is C23H29N3O3. The van der Waals surface area contributed by atoms with Crippen LogP contribution in [0.3, 0.4) is 0 Å². The average molecular weight is 396 g/mol. The van der Waals surface area contributed by atoms with Gasteiger partial charge in [-0.05, 0) is 57.0 Å². The Labute approximate surface area is 172 Å². The van der Waals surface area contributed by atoms with Crippen LogP contribution in [-0.2, 0) is 26.1 Å². The maximum Gasteiger partial charge on any atom is 0.289 e. The summed E-state index contributed by atoms with van der Waals surface area (Å²) in [5.41, 5.74) is 4.38. The van der Waals surface area contributed by atoms with Crippen molar-refractivity contribution >= 4 is 5.91 Å². The average Bonchev–Trinajstić information content (AvgIpc) is 3.31. The third-order valence-electron chi connectivity index (χ3n) is 5.16. The first-order valence-electron chi connectivity index (χ1n) is 10.0. The van der Waals surface area contributed by atoms with Crippen LogP contribution in [0, 0.1) is 13.8 Å². The number of aromatic nitrogens is 2. The summed E-state index contributed by atoms with van der Waals surface area (Å²) >= 11 is 0. The highest BCUT2D eigenvalue weighted by atomic mass is 16.5. The highest BCUT2D eigenvalue weighted by Crippen LogP contribution is 2.19. The zero-order valence-corrected chi connectivity index (χ0v) is 17.9. The summed E-state index contributed by atoms with van der Waals surface area (Å²) in [6, 6.07) is 11.5. The molecule has 2 heterocycles. The van der Waals surface area contributed by atoms with Gasteiger partial charge in [-0.3, -0.25) is 9.48 Å². The third kappa shape index (κ3) is 4.70. The van der Waals surface area contributed by atoms with Gasteiger partial charge in [0.1, 0.15) is 18.1 Å². The molecule has 0 aliphatic rings. The summed E-state index contributed by atoms with van der Waals surface area (Å²) in [4.78, 5) is 14.4. The molecule has 6 heteroatoms. The molecule has 0 bridgehead atoms. The van der Waals surface area contributed by atoms with E-state index in [1.165, 1.54) is 5.56 Å². The van der Waals surface area contributed by atoms with Crippen molar-refractivity contribution in [3.63, 3.8) is 0 Å². The second-order valence-corrected chi connectivity index (χ2v) is 7.18. The van der Waals surface area contributed by atoms with E-state index >= 15 is 0 Å². The smallest absolute Gasteiger partial charge is 0.289 e. The first-order chi connectivity index (χ1) is 13.9. The van der Waals surface area contributed by atoms with Crippen LogP contribution in [0.25, 0.3) is 0 Å². The van der Waals surface area contributed by atoms with Gasteiger partial charge in [0.15, 0.2) is 5.76 Å². The van der Waals surface area contributed by atoms with Gasteiger partial charge >= 0.3 is 0 Å². The van der Waals surface area contributed by atoms with Gasteiger partial charge in [-0.2, -0.15) is 5.10 Å². The van der Waals surface area contributed by atoms with E-state index in [1.807, 2.05) is 42.8 Å². The fourth-order valence-electron chi connectivity index (χ4n) is 3.31. The molecule has 6 nitrogen and oxygen atoms in total. The van der Waals surface area contributed by atoms with Crippen molar-refractivity contribution in [2.24, 2.45) is 0 Å². The van der Waals surface area contributed by atoms with Crippen molar-refractivity contribution in [2.45, 2.75) is 53.8 Å². The van der Waals surface area contributed by atoms with Crippen LogP contribution >= 0.6 is 0 Å². The zero-order chi connectivity index (χ0) is 21.0. The molecule has 0 radical (unpaired) electrons. The van der Waals surface area contributed by atoms with E-state index in [-0.39, 0.29) is 12.5 Å². The molecule has 154 valence electrons. The van der Waals surface area contributed by atoms with E-state index in [0.717, 1.165) is 35.7 Å². The van der Waals surface area contributed by atoms with Crippen LogP contribution in [0.2, 0.25) is 0 Å². The topological polar surface area (TPSA) is 60.5 Å². The number of rotatable bonds is 8. The summed E-state index contributed by atoms with van der Waals surface area (Å²) in [5.74, 6) is 1.55. The Morgan fingerprint density at radius 1 is 1.14 bits per heavy atom. The summed E-state index contributed by atoms with van der Waals surface area (Å²) < 4.78 is 13.4. The van der Waals surface area contributed by atoms with Gasteiger partial charge in [0.05, 0.1) is 5.69 Å². The molecule has 29 heavy (non-hydrogen) atoms. The van der Waals surface area contributed by atoms with Gasteiger partial charge in [0.2, 0.25) is 0 Å². The Hall–Kier alpha value is -3.02. The molecule has 3 rings (SSSR count). The molecule has 3 aromatic rings. The lowest BCUT2D eigenvalue weighted by atomic mass is 10.2. The second kappa shape index (κ2) is 8.99. The van der Waals surface area contributed by atoms with Crippen molar-refractivity contribution in [1.82, 2.24) is 14.7 Å². The Morgan fingerprint density at radius 3 is 2.48 bits per heavy atom. The largest absolute Gasteiger partial charge is 0.486 e. The van der Waals surface area contributed by atoms with Gasteiger partial charge in [-0.15, -0.1) is 0 Å². The predicted molar refractivity (Wildman–Crippen MR) is 112 cm³/mol. The number of furan rings is 1. The summed E-state index contributed by atoms with van der Waals surface area (Å²) in [5, 5.41) is 4.52. The molecule has 2 aromatic heterocycles. The van der Waals surface area contributed by atoms with Gasteiger partial charge in [0.25, 0.3) is 5.91 Å². The quantitative estimate of drug-likeness (QED) is 0.562. The lowest BCUT2D eigenvalue weighted by molar-refractivity contribution is 0.0749. The molecule has 0 fully saturated rings. The van der Waals surface area contributed by atoms with Crippen molar-refractivity contribution in [1.29, 1.82) is 0 Å². The Morgan fingerprint density at radius 2 is 1.86 bits per heavy atom. The number of benzene rings is 1. The van der Waals surface area contributed by atoms with Crippen molar-refractivity contribution < 1.29 is 13.9 Å². The first-order valence-corrected chi connectivity index (χ1v) is 10.0. The monoisotopic (exact) mass is 395 g/mol. The number of hydrogen-bond acceptors (Lipinski definition) is 4. The molecule has 0 aliphatic carbocycles. The number of hydrogen-bond donors (Lipinski definition) is 0. The molecule has 0 saturated carbocycles. The van der Waals surface area contributed by atoms with E-state index < -0.39 is 0 Å². The van der Waals surface area contributed by atoms with E-state index in [2.05, 4.69) is 18.9 Å². The highest BCUT2D eigenvalue weighted by Gasteiger charge is 2.20. The maximum absolute atomic E-state index is 12.8. The normalized spacial score (nSPS) is 10.9.